The molecular weight excluding hydrogens is 272 g/mol. The lowest BCUT2D eigenvalue weighted by Gasteiger charge is -2.30. The van der Waals surface area contributed by atoms with Gasteiger partial charge in [0.1, 0.15) is 0 Å². The number of hydrogen-bond acceptors (Lipinski definition) is 2. The van der Waals surface area contributed by atoms with Crippen LogP contribution in [0.15, 0.2) is 24.3 Å². The van der Waals surface area contributed by atoms with Crippen LogP contribution in [0, 0.1) is 18.8 Å². The number of carbonyl (C=O) groups is 1. The molecule has 1 aromatic rings. The van der Waals surface area contributed by atoms with E-state index in [0.717, 1.165) is 11.8 Å². The van der Waals surface area contributed by atoms with Crippen LogP contribution in [0.1, 0.15) is 45.1 Å². The van der Waals surface area contributed by atoms with Crippen LogP contribution in [-0.4, -0.2) is 24.5 Å². The Morgan fingerprint density at radius 2 is 1.77 bits per heavy atom. The van der Waals surface area contributed by atoms with Crippen LogP contribution in [0.25, 0.3) is 0 Å². The van der Waals surface area contributed by atoms with Crippen molar-refractivity contribution >= 4 is 11.6 Å². The summed E-state index contributed by atoms with van der Waals surface area (Å²) in [6, 6.07) is 9.08. The second kappa shape index (κ2) is 6.31. The minimum Gasteiger partial charge on any atom is -0.360 e. The molecule has 1 N–H and O–H groups in total. The van der Waals surface area contributed by atoms with Gasteiger partial charge in [-0.2, -0.15) is 0 Å². The average molecular weight is 300 g/mol. The highest BCUT2D eigenvalue weighted by atomic mass is 16.2. The van der Waals surface area contributed by atoms with Crippen molar-refractivity contribution in [3.8, 4) is 0 Å². The third kappa shape index (κ3) is 3.63. The number of amides is 1. The van der Waals surface area contributed by atoms with Crippen molar-refractivity contribution in [1.29, 1.82) is 0 Å². The first-order valence-corrected chi connectivity index (χ1v) is 8.68. The summed E-state index contributed by atoms with van der Waals surface area (Å²) in [5.41, 5.74) is 2.40. The second-order valence-corrected chi connectivity index (χ2v) is 7.28. The van der Waals surface area contributed by atoms with E-state index in [0.29, 0.717) is 18.6 Å². The number of nitrogens with zero attached hydrogens (tertiary/aromatic N) is 1. The summed E-state index contributed by atoms with van der Waals surface area (Å²) in [4.78, 5) is 14.8. The Bertz CT molecular complexity index is 520. The molecule has 2 aliphatic rings. The SMILES string of the molecule is Cc1ccccc1N(CC(=O)NC(C1CC1)C1CC1)C(C)C. The van der Waals surface area contributed by atoms with E-state index in [4.69, 9.17) is 0 Å². The van der Waals surface area contributed by atoms with Crippen molar-refractivity contribution in [3.63, 3.8) is 0 Å². The fraction of sp³-hybridized carbons (Fsp3) is 0.632. The zero-order valence-corrected chi connectivity index (χ0v) is 14.0. The molecule has 120 valence electrons. The highest BCUT2D eigenvalue weighted by Crippen LogP contribution is 2.44. The van der Waals surface area contributed by atoms with Gasteiger partial charge in [0.15, 0.2) is 0 Å². The Morgan fingerprint density at radius 3 is 2.27 bits per heavy atom. The maximum atomic E-state index is 12.6. The first kappa shape index (κ1) is 15.4. The van der Waals surface area contributed by atoms with E-state index < -0.39 is 0 Å². The molecule has 3 heteroatoms. The van der Waals surface area contributed by atoms with Crippen LogP contribution in [0.5, 0.6) is 0 Å². The van der Waals surface area contributed by atoms with Gasteiger partial charge in [-0.05, 0) is 69.9 Å². The van der Waals surface area contributed by atoms with Crippen LogP contribution >= 0.6 is 0 Å². The Labute approximate surface area is 134 Å². The van der Waals surface area contributed by atoms with Crippen molar-refractivity contribution in [2.75, 3.05) is 11.4 Å². The topological polar surface area (TPSA) is 32.3 Å². The second-order valence-electron chi connectivity index (χ2n) is 7.28. The van der Waals surface area contributed by atoms with Crippen molar-refractivity contribution in [3.05, 3.63) is 29.8 Å². The van der Waals surface area contributed by atoms with Gasteiger partial charge < -0.3 is 10.2 Å². The number of anilines is 1. The van der Waals surface area contributed by atoms with E-state index >= 15 is 0 Å². The van der Waals surface area contributed by atoms with Gasteiger partial charge in [0, 0.05) is 17.8 Å². The fourth-order valence-electron chi connectivity index (χ4n) is 3.35. The summed E-state index contributed by atoms with van der Waals surface area (Å²) in [5, 5.41) is 3.33. The summed E-state index contributed by atoms with van der Waals surface area (Å²) in [6.07, 6.45) is 5.19. The van der Waals surface area contributed by atoms with Gasteiger partial charge in [-0.1, -0.05) is 18.2 Å². The molecule has 0 bridgehead atoms. The lowest BCUT2D eigenvalue weighted by atomic mass is 10.1. The predicted molar refractivity (Wildman–Crippen MR) is 91.0 cm³/mol. The molecular formula is C19H28N2O. The number of carbonyl (C=O) groups excluding carboxylic acids is 1. The molecule has 22 heavy (non-hydrogen) atoms. The number of aryl methyl sites for hydroxylation is 1. The van der Waals surface area contributed by atoms with Crippen LogP contribution < -0.4 is 10.2 Å². The number of hydrogen-bond donors (Lipinski definition) is 1. The van der Waals surface area contributed by atoms with Gasteiger partial charge in [0.25, 0.3) is 0 Å². The molecule has 3 rings (SSSR count). The van der Waals surface area contributed by atoms with Gasteiger partial charge in [-0.25, -0.2) is 0 Å². The summed E-state index contributed by atoms with van der Waals surface area (Å²) in [5.74, 6) is 1.69. The highest BCUT2D eigenvalue weighted by Gasteiger charge is 2.42. The molecule has 3 nitrogen and oxygen atoms in total. The molecule has 2 aliphatic carbocycles. The van der Waals surface area contributed by atoms with E-state index in [1.807, 2.05) is 12.1 Å². The van der Waals surface area contributed by atoms with Gasteiger partial charge >= 0.3 is 0 Å². The molecule has 0 unspecified atom stereocenters. The predicted octanol–water partition coefficient (Wildman–Crippen LogP) is 3.51. The van der Waals surface area contributed by atoms with E-state index in [-0.39, 0.29) is 5.91 Å². The van der Waals surface area contributed by atoms with Gasteiger partial charge in [0.2, 0.25) is 5.91 Å². The molecule has 1 aromatic carbocycles. The Balaban J connectivity index is 1.65. The number of nitrogens with one attached hydrogen (secondary N) is 1. The molecule has 2 saturated carbocycles. The third-order valence-electron chi connectivity index (χ3n) is 4.95. The summed E-state index contributed by atoms with van der Waals surface area (Å²) < 4.78 is 0. The molecule has 0 radical (unpaired) electrons. The molecule has 0 atom stereocenters. The van der Waals surface area contributed by atoms with Crippen molar-refractivity contribution in [2.45, 2.75) is 58.5 Å². The molecule has 0 aliphatic heterocycles. The first-order valence-electron chi connectivity index (χ1n) is 8.68. The Morgan fingerprint density at radius 1 is 1.18 bits per heavy atom. The van der Waals surface area contributed by atoms with E-state index in [1.165, 1.54) is 36.9 Å². The number of para-hydroxylation sites is 1. The van der Waals surface area contributed by atoms with Crippen LogP contribution in [-0.2, 0) is 4.79 Å². The van der Waals surface area contributed by atoms with Gasteiger partial charge in [-0.3, -0.25) is 4.79 Å². The molecule has 0 aromatic heterocycles. The van der Waals surface area contributed by atoms with Gasteiger partial charge in [-0.15, -0.1) is 0 Å². The maximum Gasteiger partial charge on any atom is 0.239 e. The lowest BCUT2D eigenvalue weighted by Crippen LogP contribution is -2.46. The van der Waals surface area contributed by atoms with Crippen molar-refractivity contribution in [1.82, 2.24) is 5.32 Å². The Hall–Kier alpha value is -1.51. The zero-order chi connectivity index (χ0) is 15.7. The smallest absolute Gasteiger partial charge is 0.239 e. The number of benzene rings is 1. The Kier molecular flexibility index (Phi) is 4.42. The third-order valence-corrected chi connectivity index (χ3v) is 4.95. The minimum absolute atomic E-state index is 0.181. The van der Waals surface area contributed by atoms with E-state index in [1.54, 1.807) is 0 Å². The zero-order valence-electron chi connectivity index (χ0n) is 14.0. The molecule has 0 heterocycles. The summed E-state index contributed by atoms with van der Waals surface area (Å²) in [6.45, 7) is 6.87. The quantitative estimate of drug-likeness (QED) is 0.835. The average Bonchev–Trinajstić information content (AvgIpc) is 3.37. The highest BCUT2D eigenvalue weighted by molar-refractivity contribution is 5.82. The van der Waals surface area contributed by atoms with Crippen molar-refractivity contribution in [2.24, 2.45) is 11.8 Å². The normalized spacial score (nSPS) is 17.9. The maximum absolute atomic E-state index is 12.6. The van der Waals surface area contributed by atoms with Crippen LogP contribution in [0.3, 0.4) is 0 Å². The largest absolute Gasteiger partial charge is 0.360 e. The van der Waals surface area contributed by atoms with E-state index in [2.05, 4.69) is 43.1 Å². The number of rotatable bonds is 7. The van der Waals surface area contributed by atoms with Crippen LogP contribution in [0.4, 0.5) is 5.69 Å². The lowest BCUT2D eigenvalue weighted by molar-refractivity contribution is -0.120. The standard InChI is InChI=1S/C19H28N2O/c1-13(2)21(17-7-5-4-6-14(17)3)12-18(22)20-19(15-8-9-15)16-10-11-16/h4-7,13,15-16,19H,8-12H2,1-3H3,(H,20,22). The first-order chi connectivity index (χ1) is 10.6. The molecule has 1 amide bonds. The minimum atomic E-state index is 0.181. The monoisotopic (exact) mass is 300 g/mol. The van der Waals surface area contributed by atoms with E-state index in [9.17, 15) is 4.79 Å². The molecule has 0 saturated heterocycles. The van der Waals surface area contributed by atoms with Crippen molar-refractivity contribution < 1.29 is 4.79 Å². The summed E-state index contributed by atoms with van der Waals surface area (Å²) >= 11 is 0. The molecule has 2 fully saturated rings. The summed E-state index contributed by atoms with van der Waals surface area (Å²) in [7, 11) is 0. The fourth-order valence-corrected chi connectivity index (χ4v) is 3.35. The molecule has 0 spiro atoms. The van der Waals surface area contributed by atoms with Crippen LogP contribution in [0.2, 0.25) is 0 Å². The van der Waals surface area contributed by atoms with Gasteiger partial charge in [0.05, 0.1) is 6.54 Å².